The van der Waals surface area contributed by atoms with Crippen molar-refractivity contribution >= 4 is 22.5 Å². The minimum absolute atomic E-state index is 0.181. The highest BCUT2D eigenvalue weighted by atomic mass is 16.5. The molecule has 0 atom stereocenters. The summed E-state index contributed by atoms with van der Waals surface area (Å²) < 4.78 is 5.37. The van der Waals surface area contributed by atoms with Gasteiger partial charge in [-0.2, -0.15) is 5.26 Å². The first kappa shape index (κ1) is 14.7. The number of H-pyrrole nitrogens is 1. The fourth-order valence-corrected chi connectivity index (χ4v) is 2.59. The van der Waals surface area contributed by atoms with Gasteiger partial charge in [0.2, 0.25) is 5.91 Å². The van der Waals surface area contributed by atoms with Crippen molar-refractivity contribution in [3.8, 4) is 11.8 Å². The van der Waals surface area contributed by atoms with E-state index in [4.69, 9.17) is 10.00 Å². The SMILES string of the molecule is COc1cccc2[nH]cc(CC(=O)Nc3ccccc3C#N)c12. The summed E-state index contributed by atoms with van der Waals surface area (Å²) in [5, 5.41) is 12.8. The first-order valence-corrected chi connectivity index (χ1v) is 7.15. The molecule has 1 heterocycles. The van der Waals surface area contributed by atoms with E-state index >= 15 is 0 Å². The van der Waals surface area contributed by atoms with Crippen LogP contribution in [0.2, 0.25) is 0 Å². The number of fused-ring (bicyclic) bond motifs is 1. The molecule has 5 heteroatoms. The van der Waals surface area contributed by atoms with Crippen molar-refractivity contribution < 1.29 is 9.53 Å². The van der Waals surface area contributed by atoms with Gasteiger partial charge in [-0.05, 0) is 29.8 Å². The minimum Gasteiger partial charge on any atom is -0.496 e. The van der Waals surface area contributed by atoms with Crippen LogP contribution in [-0.4, -0.2) is 18.0 Å². The third-order valence-electron chi connectivity index (χ3n) is 3.64. The number of hydrogen-bond donors (Lipinski definition) is 2. The van der Waals surface area contributed by atoms with Crippen LogP contribution < -0.4 is 10.1 Å². The van der Waals surface area contributed by atoms with E-state index in [0.717, 1.165) is 22.2 Å². The number of carbonyl (C=O) groups excluding carboxylic acids is 1. The zero-order valence-corrected chi connectivity index (χ0v) is 12.6. The Balaban J connectivity index is 1.85. The number of nitrogens with zero attached hydrogens (tertiary/aromatic N) is 1. The summed E-state index contributed by atoms with van der Waals surface area (Å²) in [5.74, 6) is 0.545. The number of ether oxygens (including phenoxy) is 1. The predicted octanol–water partition coefficient (Wildman–Crippen LogP) is 3.23. The molecule has 23 heavy (non-hydrogen) atoms. The maximum Gasteiger partial charge on any atom is 0.228 e. The maximum atomic E-state index is 12.3. The van der Waals surface area contributed by atoms with Crippen molar-refractivity contribution in [3.63, 3.8) is 0 Å². The van der Waals surface area contributed by atoms with Crippen molar-refractivity contribution in [1.82, 2.24) is 4.98 Å². The van der Waals surface area contributed by atoms with E-state index < -0.39 is 0 Å². The number of para-hydroxylation sites is 1. The summed E-state index contributed by atoms with van der Waals surface area (Å²) in [6, 6.07) is 14.7. The number of rotatable bonds is 4. The van der Waals surface area contributed by atoms with Crippen LogP contribution in [0.5, 0.6) is 5.75 Å². The Bertz CT molecular complexity index is 906. The van der Waals surface area contributed by atoms with Gasteiger partial charge >= 0.3 is 0 Å². The molecule has 0 aliphatic heterocycles. The molecule has 0 saturated heterocycles. The van der Waals surface area contributed by atoms with Gasteiger partial charge < -0.3 is 15.0 Å². The average molecular weight is 305 g/mol. The molecule has 0 bridgehead atoms. The molecule has 0 radical (unpaired) electrons. The van der Waals surface area contributed by atoms with E-state index in [1.807, 2.05) is 24.4 Å². The number of anilines is 1. The van der Waals surface area contributed by atoms with E-state index in [1.165, 1.54) is 0 Å². The molecule has 0 aliphatic carbocycles. The second-order valence-corrected chi connectivity index (χ2v) is 5.08. The summed E-state index contributed by atoms with van der Waals surface area (Å²) in [7, 11) is 1.61. The van der Waals surface area contributed by atoms with Gasteiger partial charge in [-0.15, -0.1) is 0 Å². The lowest BCUT2D eigenvalue weighted by atomic mass is 10.1. The van der Waals surface area contributed by atoms with Gasteiger partial charge in [-0.25, -0.2) is 0 Å². The molecule has 3 aromatic rings. The summed E-state index contributed by atoms with van der Waals surface area (Å²) in [5.41, 5.74) is 2.73. The van der Waals surface area contributed by atoms with Gasteiger partial charge in [-0.1, -0.05) is 18.2 Å². The Hall–Kier alpha value is -3.26. The van der Waals surface area contributed by atoms with Gasteiger partial charge in [0, 0.05) is 17.1 Å². The van der Waals surface area contributed by atoms with Gasteiger partial charge in [-0.3, -0.25) is 4.79 Å². The smallest absolute Gasteiger partial charge is 0.228 e. The number of benzene rings is 2. The summed E-state index contributed by atoms with van der Waals surface area (Å²) in [6.45, 7) is 0. The molecule has 114 valence electrons. The van der Waals surface area contributed by atoms with Crippen molar-refractivity contribution in [3.05, 3.63) is 59.8 Å². The third kappa shape index (κ3) is 2.87. The molecule has 2 N–H and O–H groups in total. The third-order valence-corrected chi connectivity index (χ3v) is 3.64. The Morgan fingerprint density at radius 3 is 2.87 bits per heavy atom. The fourth-order valence-electron chi connectivity index (χ4n) is 2.59. The van der Waals surface area contributed by atoms with Crippen LogP contribution in [0.15, 0.2) is 48.7 Å². The van der Waals surface area contributed by atoms with Crippen LogP contribution >= 0.6 is 0 Å². The first-order chi connectivity index (χ1) is 11.2. The first-order valence-electron chi connectivity index (χ1n) is 7.15. The van der Waals surface area contributed by atoms with Crippen molar-refractivity contribution in [2.45, 2.75) is 6.42 Å². The highest BCUT2D eigenvalue weighted by Gasteiger charge is 2.13. The maximum absolute atomic E-state index is 12.3. The molecule has 2 aromatic carbocycles. The molecular weight excluding hydrogens is 290 g/mol. The number of hydrogen-bond acceptors (Lipinski definition) is 3. The van der Waals surface area contributed by atoms with Crippen LogP contribution in [0.25, 0.3) is 10.9 Å². The van der Waals surface area contributed by atoms with Gasteiger partial charge in [0.25, 0.3) is 0 Å². The standard InChI is InChI=1S/C18H15N3O2/c1-23-16-8-4-7-15-18(16)13(11-20-15)9-17(22)21-14-6-3-2-5-12(14)10-19/h2-8,11,20H,9H2,1H3,(H,21,22). The van der Waals surface area contributed by atoms with Crippen LogP contribution in [0.4, 0.5) is 5.69 Å². The Morgan fingerprint density at radius 1 is 1.26 bits per heavy atom. The molecule has 0 saturated carbocycles. The lowest BCUT2D eigenvalue weighted by Gasteiger charge is -2.07. The van der Waals surface area contributed by atoms with E-state index in [9.17, 15) is 4.79 Å². The molecule has 3 rings (SSSR count). The van der Waals surface area contributed by atoms with Crippen LogP contribution in [0, 0.1) is 11.3 Å². The second kappa shape index (κ2) is 6.24. The highest BCUT2D eigenvalue weighted by Crippen LogP contribution is 2.29. The van der Waals surface area contributed by atoms with Crippen LogP contribution in [-0.2, 0) is 11.2 Å². The van der Waals surface area contributed by atoms with Crippen molar-refractivity contribution in [2.75, 3.05) is 12.4 Å². The minimum atomic E-state index is -0.181. The molecule has 0 fully saturated rings. The quantitative estimate of drug-likeness (QED) is 0.776. The van der Waals surface area contributed by atoms with Crippen LogP contribution in [0.3, 0.4) is 0 Å². The Labute approximate surface area is 133 Å². The highest BCUT2D eigenvalue weighted by molar-refractivity contribution is 5.98. The molecular formula is C18H15N3O2. The lowest BCUT2D eigenvalue weighted by Crippen LogP contribution is -2.15. The molecule has 0 aliphatic rings. The monoisotopic (exact) mass is 305 g/mol. The van der Waals surface area contributed by atoms with E-state index in [-0.39, 0.29) is 12.3 Å². The van der Waals surface area contributed by atoms with Crippen molar-refractivity contribution in [1.29, 1.82) is 5.26 Å². The van der Waals surface area contributed by atoms with E-state index in [0.29, 0.717) is 11.3 Å². The number of nitrogens with one attached hydrogen (secondary N) is 2. The largest absolute Gasteiger partial charge is 0.496 e. The normalized spacial score (nSPS) is 10.3. The Morgan fingerprint density at radius 2 is 2.09 bits per heavy atom. The van der Waals surface area contributed by atoms with E-state index in [1.54, 1.807) is 31.4 Å². The fraction of sp³-hybridized carbons (Fsp3) is 0.111. The predicted molar refractivity (Wildman–Crippen MR) is 88.3 cm³/mol. The van der Waals surface area contributed by atoms with Gasteiger partial charge in [0.1, 0.15) is 11.8 Å². The number of aromatic nitrogens is 1. The molecule has 0 spiro atoms. The zero-order valence-electron chi connectivity index (χ0n) is 12.6. The summed E-state index contributed by atoms with van der Waals surface area (Å²) in [4.78, 5) is 15.5. The second-order valence-electron chi connectivity index (χ2n) is 5.08. The molecule has 5 nitrogen and oxygen atoms in total. The number of nitriles is 1. The summed E-state index contributed by atoms with van der Waals surface area (Å²) in [6.07, 6.45) is 2.00. The number of methoxy groups -OCH3 is 1. The Kier molecular flexibility index (Phi) is 3.98. The topological polar surface area (TPSA) is 77.9 Å². The zero-order chi connectivity index (χ0) is 16.2. The van der Waals surface area contributed by atoms with E-state index in [2.05, 4.69) is 16.4 Å². The molecule has 1 amide bonds. The van der Waals surface area contributed by atoms with Crippen LogP contribution in [0.1, 0.15) is 11.1 Å². The molecule has 0 unspecified atom stereocenters. The lowest BCUT2D eigenvalue weighted by molar-refractivity contribution is -0.115. The van der Waals surface area contributed by atoms with Gasteiger partial charge in [0.15, 0.2) is 0 Å². The summed E-state index contributed by atoms with van der Waals surface area (Å²) >= 11 is 0. The van der Waals surface area contributed by atoms with Gasteiger partial charge in [0.05, 0.1) is 24.8 Å². The number of amides is 1. The molecule has 1 aromatic heterocycles. The number of carbonyl (C=O) groups is 1. The number of aromatic amines is 1. The van der Waals surface area contributed by atoms with Crippen molar-refractivity contribution in [2.24, 2.45) is 0 Å². The average Bonchev–Trinajstić information content (AvgIpc) is 2.98.